The molecule has 0 amide bonds. The van der Waals surface area contributed by atoms with Crippen molar-refractivity contribution in [3.8, 4) is 5.75 Å². The lowest BCUT2D eigenvalue weighted by atomic mass is 10.0. The van der Waals surface area contributed by atoms with Crippen molar-refractivity contribution in [3.05, 3.63) is 96.9 Å². The smallest absolute Gasteiger partial charge is 0.416 e. The first-order valence-corrected chi connectivity index (χ1v) is 10.9. The van der Waals surface area contributed by atoms with Crippen molar-refractivity contribution in [2.45, 2.75) is 32.0 Å². The Hall–Kier alpha value is -2.97. The highest BCUT2D eigenvalue weighted by molar-refractivity contribution is 6.34. The molecule has 3 rings (SSSR count). The zero-order valence-corrected chi connectivity index (χ0v) is 19.5. The minimum Gasteiger partial charge on any atom is -0.497 e. The first-order valence-electron chi connectivity index (χ1n) is 10.1. The summed E-state index contributed by atoms with van der Waals surface area (Å²) in [6.45, 7) is 0.201. The van der Waals surface area contributed by atoms with Crippen LogP contribution in [0, 0.1) is 0 Å². The number of aryl methyl sites for hydroxylation is 2. The third-order valence-corrected chi connectivity index (χ3v) is 5.91. The van der Waals surface area contributed by atoms with Gasteiger partial charge in [-0.05, 0) is 66.8 Å². The number of rotatable bonds is 8. The normalized spacial score (nSPS) is 11.5. The number of carboxylic acids is 1. The van der Waals surface area contributed by atoms with Crippen molar-refractivity contribution >= 4 is 29.2 Å². The van der Waals surface area contributed by atoms with Crippen molar-refractivity contribution in [3.63, 3.8) is 0 Å². The second-order valence-electron chi connectivity index (χ2n) is 7.56. The first-order chi connectivity index (χ1) is 16.0. The summed E-state index contributed by atoms with van der Waals surface area (Å²) in [6.07, 6.45) is -3.78. The van der Waals surface area contributed by atoms with E-state index in [1.807, 2.05) is 0 Å². The van der Waals surface area contributed by atoms with E-state index in [0.29, 0.717) is 17.7 Å². The summed E-state index contributed by atoms with van der Waals surface area (Å²) in [5.74, 6) is -0.966. The lowest BCUT2D eigenvalue weighted by molar-refractivity contribution is -0.137. The summed E-state index contributed by atoms with van der Waals surface area (Å²) in [7, 11) is 1.29. The second-order valence-corrected chi connectivity index (χ2v) is 8.38. The zero-order valence-electron chi connectivity index (χ0n) is 18.0. The number of carbonyl (C=O) groups is 1. The van der Waals surface area contributed by atoms with Gasteiger partial charge in [0.1, 0.15) is 10.8 Å². The second kappa shape index (κ2) is 10.5. The molecule has 1 heterocycles. The van der Waals surface area contributed by atoms with Gasteiger partial charge in [-0.15, -0.1) is 0 Å². The van der Waals surface area contributed by atoms with Crippen LogP contribution in [0.15, 0.2) is 53.3 Å². The number of ether oxygens (including phenoxy) is 1. The Kier molecular flexibility index (Phi) is 7.94. The molecule has 10 heteroatoms. The highest BCUT2D eigenvalue weighted by atomic mass is 35.5. The fourth-order valence-corrected chi connectivity index (χ4v) is 4.10. The van der Waals surface area contributed by atoms with Crippen LogP contribution in [-0.2, 0) is 32.0 Å². The Morgan fingerprint density at radius 2 is 1.65 bits per heavy atom. The standard InChI is InChI=1S/C24H20Cl2F3NO4/c1-34-18-11-15(10-17(12-18)24(27,28)29)4-7-21-19(25)13-20(26)22(31)30(21)9-8-14-2-5-16(6-3-14)23(32)33/h2-3,5-6,10-13H,4,7-9H2,1H3,(H,32,33). The summed E-state index contributed by atoms with van der Waals surface area (Å²) in [6, 6.07) is 11.0. The molecule has 0 bridgehead atoms. The molecule has 3 aromatic rings. The van der Waals surface area contributed by atoms with Gasteiger partial charge in [0.25, 0.3) is 5.56 Å². The summed E-state index contributed by atoms with van der Waals surface area (Å²) < 4.78 is 46.1. The molecular formula is C24H20Cl2F3NO4. The third-order valence-electron chi connectivity index (χ3n) is 5.31. The molecule has 0 aliphatic carbocycles. The number of pyridine rings is 1. The summed E-state index contributed by atoms with van der Waals surface area (Å²) in [5.41, 5.74) is 0.456. The van der Waals surface area contributed by atoms with E-state index in [0.717, 1.165) is 17.7 Å². The number of aromatic nitrogens is 1. The Morgan fingerprint density at radius 3 is 2.24 bits per heavy atom. The van der Waals surface area contributed by atoms with Crippen molar-refractivity contribution in [1.82, 2.24) is 4.57 Å². The number of methoxy groups -OCH3 is 1. The number of hydrogen-bond acceptors (Lipinski definition) is 3. The van der Waals surface area contributed by atoms with E-state index in [1.54, 1.807) is 12.1 Å². The van der Waals surface area contributed by atoms with Gasteiger partial charge in [0.2, 0.25) is 0 Å². The number of carboxylic acid groups (broad SMARTS) is 1. The summed E-state index contributed by atoms with van der Waals surface area (Å²) in [4.78, 5) is 23.7. The maximum Gasteiger partial charge on any atom is 0.416 e. The molecule has 180 valence electrons. The lowest BCUT2D eigenvalue weighted by Crippen LogP contribution is -2.25. The van der Waals surface area contributed by atoms with Crippen molar-refractivity contribution in [1.29, 1.82) is 0 Å². The number of nitrogens with zero attached hydrogens (tertiary/aromatic N) is 1. The van der Waals surface area contributed by atoms with Crippen LogP contribution in [0.25, 0.3) is 0 Å². The van der Waals surface area contributed by atoms with Gasteiger partial charge in [0, 0.05) is 12.2 Å². The van der Waals surface area contributed by atoms with Gasteiger partial charge in [0.05, 0.1) is 23.3 Å². The fraction of sp³-hybridized carbons (Fsp3) is 0.250. The van der Waals surface area contributed by atoms with Gasteiger partial charge < -0.3 is 14.4 Å². The van der Waals surface area contributed by atoms with E-state index in [1.165, 1.54) is 35.9 Å². The van der Waals surface area contributed by atoms with Crippen molar-refractivity contribution < 1.29 is 27.8 Å². The van der Waals surface area contributed by atoms with Gasteiger partial charge in [0.15, 0.2) is 0 Å². The molecular weight excluding hydrogens is 494 g/mol. The third kappa shape index (κ3) is 6.12. The number of aromatic carboxylic acids is 1. The van der Waals surface area contributed by atoms with Crippen LogP contribution in [0.4, 0.5) is 13.2 Å². The van der Waals surface area contributed by atoms with Gasteiger partial charge in [-0.25, -0.2) is 4.79 Å². The highest BCUT2D eigenvalue weighted by Crippen LogP contribution is 2.33. The number of halogens is 5. The number of hydrogen-bond donors (Lipinski definition) is 1. The summed E-state index contributed by atoms with van der Waals surface area (Å²) in [5, 5.41) is 9.17. The molecule has 5 nitrogen and oxygen atoms in total. The molecule has 1 aromatic heterocycles. The topological polar surface area (TPSA) is 68.5 Å². The number of benzene rings is 2. The van der Waals surface area contributed by atoms with E-state index in [-0.39, 0.29) is 40.7 Å². The molecule has 0 aliphatic heterocycles. The average Bonchev–Trinajstić information content (AvgIpc) is 2.79. The lowest BCUT2D eigenvalue weighted by Gasteiger charge is -2.16. The molecule has 0 saturated heterocycles. The molecule has 0 aliphatic rings. The Bertz CT molecular complexity index is 1250. The van der Waals surface area contributed by atoms with Gasteiger partial charge in [-0.3, -0.25) is 4.79 Å². The highest BCUT2D eigenvalue weighted by Gasteiger charge is 2.31. The Morgan fingerprint density at radius 1 is 0.971 bits per heavy atom. The number of alkyl halides is 3. The molecule has 1 N–H and O–H groups in total. The molecule has 0 fully saturated rings. The minimum absolute atomic E-state index is 0.0734. The predicted molar refractivity (Wildman–Crippen MR) is 123 cm³/mol. The average molecular weight is 514 g/mol. The van der Waals surface area contributed by atoms with Crippen molar-refractivity contribution in [2.75, 3.05) is 7.11 Å². The predicted octanol–water partition coefficient (Wildman–Crippen LogP) is 5.91. The molecule has 0 atom stereocenters. The maximum atomic E-state index is 13.2. The van der Waals surface area contributed by atoms with E-state index in [2.05, 4.69) is 0 Å². The molecule has 34 heavy (non-hydrogen) atoms. The monoisotopic (exact) mass is 513 g/mol. The van der Waals surface area contributed by atoms with E-state index in [4.69, 9.17) is 33.0 Å². The van der Waals surface area contributed by atoms with Crippen LogP contribution in [0.1, 0.15) is 32.7 Å². The van der Waals surface area contributed by atoms with E-state index >= 15 is 0 Å². The van der Waals surface area contributed by atoms with Crippen LogP contribution in [0.3, 0.4) is 0 Å². The molecule has 2 aromatic carbocycles. The summed E-state index contributed by atoms with van der Waals surface area (Å²) >= 11 is 12.4. The Balaban J connectivity index is 1.87. The van der Waals surface area contributed by atoms with Crippen LogP contribution in [-0.4, -0.2) is 22.8 Å². The SMILES string of the molecule is COc1cc(CCc2c(Cl)cc(Cl)c(=O)n2CCc2ccc(C(=O)O)cc2)cc(C(F)(F)F)c1. The van der Waals surface area contributed by atoms with Crippen LogP contribution in [0.2, 0.25) is 10.0 Å². The molecule has 0 radical (unpaired) electrons. The van der Waals surface area contributed by atoms with Crippen LogP contribution in [0.5, 0.6) is 5.75 Å². The van der Waals surface area contributed by atoms with E-state index in [9.17, 15) is 22.8 Å². The quantitative estimate of drug-likeness (QED) is 0.406. The largest absolute Gasteiger partial charge is 0.497 e. The zero-order chi connectivity index (χ0) is 25.0. The Labute approximate surface area is 203 Å². The fourth-order valence-electron chi connectivity index (χ4n) is 3.53. The molecule has 0 saturated carbocycles. The van der Waals surface area contributed by atoms with Gasteiger partial charge in [-0.2, -0.15) is 13.2 Å². The molecule has 0 spiro atoms. The van der Waals surface area contributed by atoms with Crippen LogP contribution < -0.4 is 10.3 Å². The minimum atomic E-state index is -4.53. The van der Waals surface area contributed by atoms with E-state index < -0.39 is 23.3 Å². The molecule has 0 unspecified atom stereocenters. The van der Waals surface area contributed by atoms with Crippen LogP contribution >= 0.6 is 23.2 Å². The first kappa shape index (κ1) is 25.6. The van der Waals surface area contributed by atoms with Gasteiger partial charge >= 0.3 is 12.1 Å². The van der Waals surface area contributed by atoms with Crippen molar-refractivity contribution in [2.24, 2.45) is 0 Å². The maximum absolute atomic E-state index is 13.2. The van der Waals surface area contributed by atoms with Gasteiger partial charge in [-0.1, -0.05) is 35.3 Å².